The fourth-order valence-corrected chi connectivity index (χ4v) is 2.25. The molecule has 106 valence electrons. The Balaban J connectivity index is 1.85. The van der Waals surface area contributed by atoms with Crippen molar-refractivity contribution in [3.8, 4) is 0 Å². The van der Waals surface area contributed by atoms with E-state index in [9.17, 15) is 4.79 Å². The van der Waals surface area contributed by atoms with E-state index in [0.717, 1.165) is 23.2 Å². The van der Waals surface area contributed by atoms with Crippen molar-refractivity contribution < 1.29 is 9.21 Å². The number of fused-ring (bicyclic) bond motifs is 1. The van der Waals surface area contributed by atoms with Gasteiger partial charge in [-0.15, -0.1) is 0 Å². The van der Waals surface area contributed by atoms with Crippen LogP contribution < -0.4 is 5.32 Å². The van der Waals surface area contributed by atoms with Gasteiger partial charge in [0.15, 0.2) is 5.58 Å². The first-order valence-electron chi connectivity index (χ1n) is 7.06. The van der Waals surface area contributed by atoms with Gasteiger partial charge in [0.1, 0.15) is 5.52 Å². The lowest BCUT2D eigenvalue weighted by atomic mass is 9.97. The van der Waals surface area contributed by atoms with Gasteiger partial charge < -0.3 is 9.73 Å². The molecular formula is C16H20N2O2. The molecule has 1 aromatic carbocycles. The van der Waals surface area contributed by atoms with Crippen molar-refractivity contribution in [1.29, 1.82) is 0 Å². The standard InChI is InChI=1S/C16H20N2O2/c1-9-7-11(9)14(19)17-10-5-6-13-12(8-10)18-15(20-13)16(2,3)4/h5-6,8-9,11H,7H2,1-4H3,(H,17,19)/t9-,11-/m0/s1. The number of benzene rings is 1. The van der Waals surface area contributed by atoms with Crippen LogP contribution in [0.25, 0.3) is 11.1 Å². The van der Waals surface area contributed by atoms with Crippen molar-refractivity contribution in [2.75, 3.05) is 5.32 Å². The first-order chi connectivity index (χ1) is 9.34. The molecule has 4 heteroatoms. The lowest BCUT2D eigenvalue weighted by molar-refractivity contribution is -0.117. The van der Waals surface area contributed by atoms with Crippen molar-refractivity contribution in [2.45, 2.75) is 39.5 Å². The molecule has 4 nitrogen and oxygen atoms in total. The summed E-state index contributed by atoms with van der Waals surface area (Å²) in [6.45, 7) is 8.29. The summed E-state index contributed by atoms with van der Waals surface area (Å²) >= 11 is 0. The molecule has 1 aromatic heterocycles. The molecule has 0 saturated heterocycles. The van der Waals surface area contributed by atoms with E-state index in [1.807, 2.05) is 18.2 Å². The Morgan fingerprint density at radius 1 is 1.40 bits per heavy atom. The number of hydrogen-bond acceptors (Lipinski definition) is 3. The van der Waals surface area contributed by atoms with E-state index < -0.39 is 0 Å². The van der Waals surface area contributed by atoms with E-state index >= 15 is 0 Å². The van der Waals surface area contributed by atoms with Gasteiger partial charge in [-0.05, 0) is 30.5 Å². The van der Waals surface area contributed by atoms with E-state index in [2.05, 4.69) is 38.0 Å². The largest absolute Gasteiger partial charge is 0.440 e. The molecule has 0 unspecified atom stereocenters. The summed E-state index contributed by atoms with van der Waals surface area (Å²) < 4.78 is 5.75. The zero-order valence-electron chi connectivity index (χ0n) is 12.4. The molecule has 1 amide bonds. The monoisotopic (exact) mass is 272 g/mol. The SMILES string of the molecule is C[C@H]1C[C@@H]1C(=O)Nc1ccc2oc(C(C)(C)C)nc2c1. The molecule has 1 aliphatic carbocycles. The van der Waals surface area contributed by atoms with Crippen LogP contribution in [-0.2, 0) is 10.2 Å². The quantitative estimate of drug-likeness (QED) is 0.906. The summed E-state index contributed by atoms with van der Waals surface area (Å²) in [6, 6.07) is 5.60. The number of nitrogens with one attached hydrogen (secondary N) is 1. The molecular weight excluding hydrogens is 252 g/mol. The highest BCUT2D eigenvalue weighted by molar-refractivity contribution is 5.95. The second kappa shape index (κ2) is 4.33. The Hall–Kier alpha value is -1.84. The number of oxazole rings is 1. The third-order valence-corrected chi connectivity index (χ3v) is 3.74. The first-order valence-corrected chi connectivity index (χ1v) is 7.06. The summed E-state index contributed by atoms with van der Waals surface area (Å²) in [7, 11) is 0. The van der Waals surface area contributed by atoms with Gasteiger partial charge in [-0.1, -0.05) is 27.7 Å². The molecule has 20 heavy (non-hydrogen) atoms. The second-order valence-corrected chi connectivity index (χ2v) is 6.76. The highest BCUT2D eigenvalue weighted by atomic mass is 16.3. The maximum Gasteiger partial charge on any atom is 0.227 e. The van der Waals surface area contributed by atoms with Gasteiger partial charge in [0.25, 0.3) is 0 Å². The van der Waals surface area contributed by atoms with Gasteiger partial charge in [-0.2, -0.15) is 0 Å². The van der Waals surface area contributed by atoms with Crippen molar-refractivity contribution in [3.63, 3.8) is 0 Å². The Bertz CT molecular complexity index is 667. The zero-order chi connectivity index (χ0) is 14.5. The third-order valence-electron chi connectivity index (χ3n) is 3.74. The fourth-order valence-electron chi connectivity index (χ4n) is 2.25. The normalized spacial score (nSPS) is 22.0. The van der Waals surface area contributed by atoms with Crippen molar-refractivity contribution in [3.05, 3.63) is 24.1 Å². The highest BCUT2D eigenvalue weighted by Crippen LogP contribution is 2.38. The summed E-state index contributed by atoms with van der Waals surface area (Å²) in [6.07, 6.45) is 0.992. The zero-order valence-corrected chi connectivity index (χ0v) is 12.4. The smallest absolute Gasteiger partial charge is 0.227 e. The number of nitrogens with zero attached hydrogens (tertiary/aromatic N) is 1. The van der Waals surface area contributed by atoms with Gasteiger partial charge in [0.2, 0.25) is 11.8 Å². The molecule has 0 spiro atoms. The number of anilines is 1. The van der Waals surface area contributed by atoms with Crippen LogP contribution in [0.4, 0.5) is 5.69 Å². The van der Waals surface area contributed by atoms with Crippen LogP contribution in [-0.4, -0.2) is 10.9 Å². The molecule has 0 radical (unpaired) electrons. The average Bonchev–Trinajstić information content (AvgIpc) is 2.92. The lowest BCUT2D eigenvalue weighted by Crippen LogP contribution is -2.14. The van der Waals surface area contributed by atoms with E-state index in [1.165, 1.54) is 0 Å². The highest BCUT2D eigenvalue weighted by Gasteiger charge is 2.39. The average molecular weight is 272 g/mol. The van der Waals surface area contributed by atoms with Gasteiger partial charge >= 0.3 is 0 Å². The molecule has 0 aliphatic heterocycles. The molecule has 1 saturated carbocycles. The fraction of sp³-hybridized carbons (Fsp3) is 0.500. The Labute approximate surface area is 118 Å². The van der Waals surface area contributed by atoms with Gasteiger partial charge in [-0.25, -0.2) is 4.98 Å². The first kappa shape index (κ1) is 13.2. The van der Waals surface area contributed by atoms with Crippen LogP contribution in [0.1, 0.15) is 40.0 Å². The van der Waals surface area contributed by atoms with Crippen LogP contribution in [0.15, 0.2) is 22.6 Å². The van der Waals surface area contributed by atoms with Crippen LogP contribution >= 0.6 is 0 Å². The van der Waals surface area contributed by atoms with Crippen molar-refractivity contribution in [1.82, 2.24) is 4.98 Å². The van der Waals surface area contributed by atoms with E-state index in [-0.39, 0.29) is 17.2 Å². The minimum absolute atomic E-state index is 0.108. The number of hydrogen-bond donors (Lipinski definition) is 1. The molecule has 1 heterocycles. The predicted octanol–water partition coefficient (Wildman–Crippen LogP) is 3.72. The Morgan fingerprint density at radius 3 is 2.70 bits per heavy atom. The Morgan fingerprint density at radius 2 is 2.10 bits per heavy atom. The number of amides is 1. The van der Waals surface area contributed by atoms with Crippen LogP contribution in [0.5, 0.6) is 0 Å². The minimum atomic E-state index is -0.119. The number of carbonyl (C=O) groups is 1. The van der Waals surface area contributed by atoms with Crippen LogP contribution in [0, 0.1) is 11.8 Å². The van der Waals surface area contributed by atoms with Gasteiger partial charge in [0, 0.05) is 17.0 Å². The topological polar surface area (TPSA) is 55.1 Å². The van der Waals surface area contributed by atoms with E-state index in [4.69, 9.17) is 4.42 Å². The second-order valence-electron chi connectivity index (χ2n) is 6.76. The van der Waals surface area contributed by atoms with Crippen LogP contribution in [0.2, 0.25) is 0 Å². The number of rotatable bonds is 2. The summed E-state index contributed by atoms with van der Waals surface area (Å²) in [5, 5.41) is 2.95. The minimum Gasteiger partial charge on any atom is -0.440 e. The molecule has 2 atom stereocenters. The molecule has 2 aromatic rings. The molecule has 3 rings (SSSR count). The van der Waals surface area contributed by atoms with E-state index in [1.54, 1.807) is 0 Å². The molecule has 0 bridgehead atoms. The molecule has 1 fully saturated rings. The predicted molar refractivity (Wildman–Crippen MR) is 78.6 cm³/mol. The third kappa shape index (κ3) is 2.42. The van der Waals surface area contributed by atoms with Crippen LogP contribution in [0.3, 0.4) is 0 Å². The maximum atomic E-state index is 11.9. The summed E-state index contributed by atoms with van der Waals surface area (Å²) in [5.41, 5.74) is 2.21. The molecule has 1 N–H and O–H groups in total. The van der Waals surface area contributed by atoms with Gasteiger partial charge in [0.05, 0.1) is 0 Å². The van der Waals surface area contributed by atoms with Crippen molar-refractivity contribution >= 4 is 22.7 Å². The van der Waals surface area contributed by atoms with Gasteiger partial charge in [-0.3, -0.25) is 4.79 Å². The summed E-state index contributed by atoms with van der Waals surface area (Å²) in [4.78, 5) is 16.4. The maximum absolute atomic E-state index is 11.9. The molecule has 1 aliphatic rings. The summed E-state index contributed by atoms with van der Waals surface area (Å²) in [5.74, 6) is 1.51. The number of aromatic nitrogens is 1. The van der Waals surface area contributed by atoms with Crippen molar-refractivity contribution in [2.24, 2.45) is 11.8 Å². The number of carbonyl (C=O) groups excluding carboxylic acids is 1. The van der Waals surface area contributed by atoms with E-state index in [0.29, 0.717) is 11.8 Å². The lowest BCUT2D eigenvalue weighted by Gasteiger charge is -2.11. The Kier molecular flexibility index (Phi) is 2.85.